The van der Waals surface area contributed by atoms with Crippen LogP contribution in [0.15, 0.2) is 53.4 Å². The lowest BCUT2D eigenvalue weighted by Gasteiger charge is -2.13. The number of halogens is 3. The molecule has 1 saturated heterocycles. The zero-order chi connectivity index (χ0) is 20.3. The predicted octanol–water partition coefficient (Wildman–Crippen LogP) is 5.13. The van der Waals surface area contributed by atoms with Crippen LogP contribution in [0.25, 0.3) is 6.08 Å². The zero-order valence-corrected chi connectivity index (χ0v) is 15.6. The highest BCUT2D eigenvalue weighted by molar-refractivity contribution is 8.18. The molecule has 146 valence electrons. The van der Waals surface area contributed by atoms with E-state index >= 15 is 0 Å². The summed E-state index contributed by atoms with van der Waals surface area (Å²) >= 11 is 0.620. The van der Waals surface area contributed by atoms with Crippen LogP contribution in [-0.2, 0) is 11.0 Å². The molecule has 4 nitrogen and oxygen atoms in total. The lowest BCUT2D eigenvalue weighted by molar-refractivity contribution is -0.137. The topological polar surface area (TPSA) is 46.6 Å². The summed E-state index contributed by atoms with van der Waals surface area (Å²) in [5.41, 5.74) is 0.0588. The number of amides is 2. The molecular weight excluding hydrogens is 391 g/mol. The summed E-state index contributed by atoms with van der Waals surface area (Å²) in [6, 6.07) is 12.2. The van der Waals surface area contributed by atoms with Crippen molar-refractivity contribution in [3.8, 4) is 5.75 Å². The van der Waals surface area contributed by atoms with Crippen LogP contribution in [0.5, 0.6) is 5.75 Å². The average Bonchev–Trinajstić information content (AvgIpc) is 2.90. The highest BCUT2D eigenvalue weighted by Gasteiger charge is 2.37. The Labute approximate surface area is 164 Å². The molecule has 1 aliphatic heterocycles. The van der Waals surface area contributed by atoms with Gasteiger partial charge in [-0.05, 0) is 48.5 Å². The fourth-order valence-electron chi connectivity index (χ4n) is 2.60. The molecule has 0 radical (unpaired) electrons. The van der Waals surface area contributed by atoms with Crippen molar-refractivity contribution < 1.29 is 27.5 Å². The molecule has 0 N–H and O–H groups in total. The van der Waals surface area contributed by atoms with E-state index in [1.807, 2.05) is 19.1 Å². The van der Waals surface area contributed by atoms with Crippen molar-refractivity contribution in [1.29, 1.82) is 0 Å². The van der Waals surface area contributed by atoms with E-state index in [1.165, 1.54) is 18.2 Å². The van der Waals surface area contributed by atoms with Crippen LogP contribution in [0.2, 0.25) is 0 Å². The van der Waals surface area contributed by atoms with Crippen LogP contribution in [0.3, 0.4) is 0 Å². The number of thioether (sulfide) groups is 1. The maximum Gasteiger partial charge on any atom is 0.416 e. The molecule has 8 heteroatoms. The van der Waals surface area contributed by atoms with E-state index in [0.29, 0.717) is 17.5 Å². The van der Waals surface area contributed by atoms with Gasteiger partial charge in [0.2, 0.25) is 0 Å². The highest BCUT2D eigenvalue weighted by Crippen LogP contribution is 2.36. The number of hydrogen-bond donors (Lipinski definition) is 0. The number of alkyl halides is 3. The Hall–Kier alpha value is -2.74. The van der Waals surface area contributed by atoms with E-state index in [0.717, 1.165) is 22.6 Å². The van der Waals surface area contributed by atoms with E-state index in [1.54, 1.807) is 12.1 Å². The van der Waals surface area contributed by atoms with Crippen LogP contribution in [-0.4, -0.2) is 29.2 Å². The van der Waals surface area contributed by atoms with Gasteiger partial charge in [0.05, 0.1) is 17.0 Å². The average molecular weight is 407 g/mol. The fourth-order valence-corrected chi connectivity index (χ4v) is 3.46. The molecule has 0 bridgehead atoms. The van der Waals surface area contributed by atoms with Crippen molar-refractivity contribution >= 4 is 29.0 Å². The first-order valence-corrected chi connectivity index (χ1v) is 9.18. The lowest BCUT2D eigenvalue weighted by Crippen LogP contribution is -2.32. The van der Waals surface area contributed by atoms with Crippen LogP contribution in [0.4, 0.5) is 18.0 Å². The van der Waals surface area contributed by atoms with E-state index < -0.39 is 22.9 Å². The smallest absolute Gasteiger partial charge is 0.416 e. The first kappa shape index (κ1) is 20.0. The van der Waals surface area contributed by atoms with Gasteiger partial charge in [0.15, 0.2) is 0 Å². The van der Waals surface area contributed by atoms with Gasteiger partial charge in [-0.3, -0.25) is 14.5 Å². The first-order valence-electron chi connectivity index (χ1n) is 8.37. The van der Waals surface area contributed by atoms with Crippen LogP contribution in [0.1, 0.15) is 16.7 Å². The number of rotatable bonds is 5. The quantitative estimate of drug-likeness (QED) is 0.645. The second-order valence-corrected chi connectivity index (χ2v) is 7.07. The summed E-state index contributed by atoms with van der Waals surface area (Å²) in [6.07, 6.45) is -3.44. The van der Waals surface area contributed by atoms with Crippen LogP contribution >= 0.6 is 11.8 Å². The van der Waals surface area contributed by atoms with Gasteiger partial charge in [0, 0.05) is 0 Å². The van der Waals surface area contributed by atoms with Gasteiger partial charge in [-0.15, -0.1) is 0 Å². The maximum absolute atomic E-state index is 13.1. The minimum absolute atomic E-state index is 0.0107. The summed E-state index contributed by atoms with van der Waals surface area (Å²) in [5, 5.41) is -0.534. The number of carbonyl (C=O) groups is 2. The second-order valence-electron chi connectivity index (χ2n) is 6.08. The second kappa shape index (κ2) is 8.10. The Morgan fingerprint density at radius 1 is 1.07 bits per heavy atom. The molecule has 0 atom stereocenters. The van der Waals surface area contributed by atoms with Gasteiger partial charge >= 0.3 is 6.18 Å². The molecule has 0 spiro atoms. The van der Waals surface area contributed by atoms with Crippen molar-refractivity contribution in [3.05, 3.63) is 70.1 Å². The molecule has 1 fully saturated rings. The van der Waals surface area contributed by atoms with Crippen molar-refractivity contribution in [2.45, 2.75) is 13.1 Å². The third kappa shape index (κ3) is 4.56. The monoisotopic (exact) mass is 407 g/mol. The van der Waals surface area contributed by atoms with E-state index in [2.05, 4.69) is 0 Å². The molecular formula is C20H16F3NO3S. The number of benzene rings is 2. The predicted molar refractivity (Wildman–Crippen MR) is 101 cm³/mol. The van der Waals surface area contributed by atoms with Gasteiger partial charge in [0.1, 0.15) is 12.4 Å². The molecule has 0 saturated carbocycles. The molecule has 1 heterocycles. The molecule has 3 rings (SSSR count). The standard InChI is InChI=1S/C20H16F3NO3S/c1-13-6-8-15(9-7-13)27-11-10-24-18(25)17(28-19(24)26)12-14-4-2-3-5-16(14)20(21,22)23/h2-9,12H,10-11H2,1H3/b17-12-. The first-order chi connectivity index (χ1) is 13.3. The SMILES string of the molecule is Cc1ccc(OCCN2C(=O)S/C(=C\c3ccccc3C(F)(F)F)C2=O)cc1. The number of hydrogen-bond acceptors (Lipinski definition) is 4. The van der Waals surface area contributed by atoms with Gasteiger partial charge in [-0.25, -0.2) is 0 Å². The molecule has 0 aliphatic carbocycles. The molecule has 2 aromatic rings. The molecule has 1 aliphatic rings. The number of carbonyl (C=O) groups excluding carboxylic acids is 2. The minimum atomic E-state index is -4.55. The van der Waals surface area contributed by atoms with Crippen molar-refractivity contribution in [3.63, 3.8) is 0 Å². The molecule has 0 aromatic heterocycles. The largest absolute Gasteiger partial charge is 0.492 e. The van der Waals surface area contributed by atoms with Crippen molar-refractivity contribution in [2.24, 2.45) is 0 Å². The fraction of sp³-hybridized carbons (Fsp3) is 0.200. The number of ether oxygens (including phenoxy) is 1. The normalized spacial score (nSPS) is 16.1. The summed E-state index contributed by atoms with van der Waals surface area (Å²) < 4.78 is 44.8. The Balaban J connectivity index is 1.70. The minimum Gasteiger partial charge on any atom is -0.492 e. The van der Waals surface area contributed by atoms with Gasteiger partial charge in [0.25, 0.3) is 11.1 Å². The van der Waals surface area contributed by atoms with Crippen LogP contribution in [0, 0.1) is 6.92 Å². The molecule has 0 unspecified atom stereocenters. The van der Waals surface area contributed by atoms with Gasteiger partial charge < -0.3 is 4.74 Å². The molecule has 2 amide bonds. The van der Waals surface area contributed by atoms with Crippen molar-refractivity contribution in [1.82, 2.24) is 4.90 Å². The Bertz CT molecular complexity index is 923. The number of imide groups is 1. The van der Waals surface area contributed by atoms with E-state index in [4.69, 9.17) is 4.74 Å². The molecule has 2 aromatic carbocycles. The van der Waals surface area contributed by atoms with Gasteiger partial charge in [-0.2, -0.15) is 13.2 Å². The zero-order valence-electron chi connectivity index (χ0n) is 14.8. The summed E-state index contributed by atoms with van der Waals surface area (Å²) in [7, 11) is 0. The highest BCUT2D eigenvalue weighted by atomic mass is 32.2. The summed E-state index contributed by atoms with van der Waals surface area (Å²) in [5.74, 6) is -0.0216. The van der Waals surface area contributed by atoms with E-state index in [-0.39, 0.29) is 23.6 Å². The lowest BCUT2D eigenvalue weighted by atomic mass is 10.1. The Morgan fingerprint density at radius 3 is 2.43 bits per heavy atom. The maximum atomic E-state index is 13.1. The number of nitrogens with zero attached hydrogens (tertiary/aromatic N) is 1. The summed E-state index contributed by atoms with van der Waals surface area (Å²) in [6.45, 7) is 2.04. The van der Waals surface area contributed by atoms with Gasteiger partial charge in [-0.1, -0.05) is 35.9 Å². The third-order valence-corrected chi connectivity index (χ3v) is 4.94. The Kier molecular flexibility index (Phi) is 5.79. The number of aryl methyl sites for hydroxylation is 1. The third-order valence-electron chi connectivity index (χ3n) is 4.03. The Morgan fingerprint density at radius 2 is 1.75 bits per heavy atom. The summed E-state index contributed by atoms with van der Waals surface area (Å²) in [4.78, 5) is 25.5. The van der Waals surface area contributed by atoms with Crippen molar-refractivity contribution in [2.75, 3.05) is 13.2 Å². The molecule has 28 heavy (non-hydrogen) atoms. The van der Waals surface area contributed by atoms with Crippen LogP contribution < -0.4 is 4.74 Å². The van der Waals surface area contributed by atoms with E-state index in [9.17, 15) is 22.8 Å².